The Hall–Kier alpha value is -5.02. The van der Waals surface area contributed by atoms with E-state index in [1.54, 1.807) is 0 Å². The smallest absolute Gasteiger partial charge is 0.147 e. The van der Waals surface area contributed by atoms with Gasteiger partial charge in [0.1, 0.15) is 22.3 Å². The lowest BCUT2D eigenvalue weighted by molar-refractivity contribution is 0.663. The summed E-state index contributed by atoms with van der Waals surface area (Å²) in [5, 5.41) is 6.65. The van der Waals surface area contributed by atoms with Gasteiger partial charge in [-0.1, -0.05) is 60.7 Å². The third-order valence-corrected chi connectivity index (χ3v) is 7.21. The van der Waals surface area contributed by atoms with Gasteiger partial charge in [-0.2, -0.15) is 0 Å². The Bertz CT molecular complexity index is 2050. The van der Waals surface area contributed by atoms with Gasteiger partial charge in [-0.15, -0.1) is 0 Å². The summed E-state index contributed by atoms with van der Waals surface area (Å²) in [7, 11) is 0. The number of fused-ring (bicyclic) bond motifs is 8. The van der Waals surface area contributed by atoms with Crippen LogP contribution >= 0.6 is 0 Å². The molecule has 6 aromatic carbocycles. The fraction of sp³-hybridized carbons (Fsp3) is 0. The van der Waals surface area contributed by atoms with Gasteiger partial charge in [0.2, 0.25) is 0 Å². The summed E-state index contributed by atoms with van der Waals surface area (Å²) in [6, 6.07) is 44.2. The van der Waals surface area contributed by atoms with Crippen molar-refractivity contribution in [3.63, 3.8) is 0 Å². The van der Waals surface area contributed by atoms with E-state index >= 15 is 0 Å². The Morgan fingerprint density at radius 1 is 0.405 bits per heavy atom. The van der Waals surface area contributed by atoms with E-state index in [4.69, 9.17) is 8.83 Å². The van der Waals surface area contributed by atoms with Crippen molar-refractivity contribution in [2.24, 2.45) is 0 Å². The van der Waals surface area contributed by atoms with Crippen molar-refractivity contribution in [2.45, 2.75) is 0 Å². The molecule has 0 bridgehead atoms. The molecule has 3 heteroatoms. The van der Waals surface area contributed by atoms with Crippen LogP contribution in [-0.2, 0) is 0 Å². The molecule has 0 N–H and O–H groups in total. The van der Waals surface area contributed by atoms with Gasteiger partial charge in [0.15, 0.2) is 0 Å². The predicted octanol–water partition coefficient (Wildman–Crippen LogP) is 10.1. The number of benzene rings is 6. The van der Waals surface area contributed by atoms with E-state index < -0.39 is 0 Å². The molecule has 0 spiro atoms. The molecule has 0 aliphatic carbocycles. The average Bonchev–Trinajstić information content (AvgIpc) is 3.50. The lowest BCUT2D eigenvalue weighted by Crippen LogP contribution is -2.09. The Labute approximate surface area is 212 Å². The highest BCUT2D eigenvalue weighted by molar-refractivity contribution is 6.23. The maximum absolute atomic E-state index is 6.54. The SMILES string of the molecule is c1ccc(N(c2ccccc2)c2ccc3oc4ccc5c6cc7ccccc7cc6oc5c4c3c2)cc1. The molecule has 8 aromatic rings. The Morgan fingerprint density at radius 2 is 1.05 bits per heavy atom. The normalized spacial score (nSPS) is 11.8. The molecule has 0 fully saturated rings. The minimum atomic E-state index is 0.828. The third kappa shape index (κ3) is 3.08. The molecule has 0 unspecified atom stereocenters. The first-order valence-electron chi connectivity index (χ1n) is 12.4. The third-order valence-electron chi connectivity index (χ3n) is 7.21. The van der Waals surface area contributed by atoms with E-state index in [0.717, 1.165) is 60.9 Å². The first kappa shape index (κ1) is 20.2. The zero-order valence-corrected chi connectivity index (χ0v) is 19.9. The van der Waals surface area contributed by atoms with E-state index in [2.05, 4.69) is 120 Å². The molecule has 8 rings (SSSR count). The van der Waals surface area contributed by atoms with Gasteiger partial charge in [0.05, 0.1) is 5.39 Å². The summed E-state index contributed by atoms with van der Waals surface area (Å²) in [5.41, 5.74) is 6.69. The molecular weight excluding hydrogens is 454 g/mol. The molecule has 2 heterocycles. The van der Waals surface area contributed by atoms with Crippen molar-refractivity contribution >= 4 is 71.7 Å². The minimum absolute atomic E-state index is 0.828. The van der Waals surface area contributed by atoms with Crippen LogP contribution in [0.5, 0.6) is 0 Å². The van der Waals surface area contributed by atoms with Crippen molar-refractivity contribution in [1.29, 1.82) is 0 Å². The lowest BCUT2D eigenvalue weighted by atomic mass is 10.0. The van der Waals surface area contributed by atoms with Crippen molar-refractivity contribution in [3.05, 3.63) is 127 Å². The molecule has 0 atom stereocenters. The molecule has 0 aliphatic rings. The van der Waals surface area contributed by atoms with Crippen LogP contribution in [0.2, 0.25) is 0 Å². The molecule has 3 nitrogen and oxygen atoms in total. The zero-order valence-electron chi connectivity index (χ0n) is 19.9. The monoisotopic (exact) mass is 475 g/mol. The van der Waals surface area contributed by atoms with E-state index in [1.165, 1.54) is 10.8 Å². The summed E-state index contributed by atoms with van der Waals surface area (Å²) in [6.07, 6.45) is 0. The van der Waals surface area contributed by atoms with Crippen LogP contribution in [0.1, 0.15) is 0 Å². The van der Waals surface area contributed by atoms with Gasteiger partial charge < -0.3 is 13.7 Å². The number of rotatable bonds is 3. The van der Waals surface area contributed by atoms with Crippen molar-refractivity contribution < 1.29 is 8.83 Å². The predicted molar refractivity (Wildman–Crippen MR) is 153 cm³/mol. The highest BCUT2D eigenvalue weighted by atomic mass is 16.3. The fourth-order valence-electron chi connectivity index (χ4n) is 5.51. The maximum Gasteiger partial charge on any atom is 0.147 e. The Balaban J connectivity index is 1.42. The van der Waals surface area contributed by atoms with Crippen LogP contribution in [0, 0.1) is 0 Å². The Morgan fingerprint density at radius 3 is 1.78 bits per heavy atom. The standard InChI is InChI=1S/C34H21NO2/c1-3-11-24(12-4-1)35(25-13-5-2-6-14-25)26-15-17-30-29(21-26)33-31(36-30)18-16-27-28-19-22-9-7-8-10-23(22)20-32(28)37-34(27)33/h1-21H. The highest BCUT2D eigenvalue weighted by Gasteiger charge is 2.19. The average molecular weight is 476 g/mol. The van der Waals surface area contributed by atoms with E-state index in [-0.39, 0.29) is 0 Å². The van der Waals surface area contributed by atoms with Crippen LogP contribution in [0.3, 0.4) is 0 Å². The minimum Gasteiger partial charge on any atom is -0.456 e. The first-order chi connectivity index (χ1) is 18.3. The van der Waals surface area contributed by atoms with Gasteiger partial charge in [0.25, 0.3) is 0 Å². The van der Waals surface area contributed by atoms with Crippen molar-refractivity contribution in [2.75, 3.05) is 4.90 Å². The van der Waals surface area contributed by atoms with E-state index in [0.29, 0.717) is 0 Å². The molecule has 37 heavy (non-hydrogen) atoms. The second kappa shape index (κ2) is 7.74. The van der Waals surface area contributed by atoms with Gasteiger partial charge >= 0.3 is 0 Å². The fourth-order valence-corrected chi connectivity index (χ4v) is 5.51. The molecule has 0 saturated heterocycles. The topological polar surface area (TPSA) is 29.5 Å². The van der Waals surface area contributed by atoms with Crippen LogP contribution in [-0.4, -0.2) is 0 Å². The van der Waals surface area contributed by atoms with Crippen LogP contribution in [0.4, 0.5) is 17.1 Å². The number of furan rings is 2. The molecular formula is C34H21NO2. The number of hydrogen-bond acceptors (Lipinski definition) is 3. The number of anilines is 3. The largest absolute Gasteiger partial charge is 0.456 e. The van der Waals surface area contributed by atoms with E-state index in [9.17, 15) is 0 Å². The number of nitrogens with zero attached hydrogens (tertiary/aromatic N) is 1. The Kier molecular flexibility index (Phi) is 4.23. The van der Waals surface area contributed by atoms with Gasteiger partial charge in [-0.25, -0.2) is 0 Å². The van der Waals surface area contributed by atoms with Gasteiger partial charge in [0, 0.05) is 33.2 Å². The summed E-state index contributed by atoms with van der Waals surface area (Å²) < 4.78 is 12.8. The summed E-state index contributed by atoms with van der Waals surface area (Å²) in [6.45, 7) is 0. The molecule has 2 aromatic heterocycles. The van der Waals surface area contributed by atoms with Gasteiger partial charge in [-0.3, -0.25) is 0 Å². The van der Waals surface area contributed by atoms with Crippen molar-refractivity contribution in [1.82, 2.24) is 0 Å². The summed E-state index contributed by atoms with van der Waals surface area (Å²) >= 11 is 0. The molecule has 0 radical (unpaired) electrons. The quantitative estimate of drug-likeness (QED) is 0.255. The summed E-state index contributed by atoms with van der Waals surface area (Å²) in [4.78, 5) is 2.27. The van der Waals surface area contributed by atoms with Crippen LogP contribution < -0.4 is 4.90 Å². The first-order valence-corrected chi connectivity index (χ1v) is 12.4. The van der Waals surface area contributed by atoms with Crippen LogP contribution in [0.25, 0.3) is 54.6 Å². The molecule has 0 saturated carbocycles. The number of hydrogen-bond donors (Lipinski definition) is 0. The van der Waals surface area contributed by atoms with Crippen molar-refractivity contribution in [3.8, 4) is 0 Å². The highest BCUT2D eigenvalue weighted by Crippen LogP contribution is 2.43. The molecule has 174 valence electrons. The zero-order chi connectivity index (χ0) is 24.3. The van der Waals surface area contributed by atoms with E-state index in [1.807, 2.05) is 12.1 Å². The van der Waals surface area contributed by atoms with Crippen LogP contribution in [0.15, 0.2) is 136 Å². The lowest BCUT2D eigenvalue weighted by Gasteiger charge is -2.25. The molecule has 0 amide bonds. The number of para-hydroxylation sites is 2. The summed E-state index contributed by atoms with van der Waals surface area (Å²) in [5.74, 6) is 0. The maximum atomic E-state index is 6.54. The second-order valence-corrected chi connectivity index (χ2v) is 9.40. The molecule has 0 aliphatic heterocycles. The second-order valence-electron chi connectivity index (χ2n) is 9.40. The van der Waals surface area contributed by atoms with Gasteiger partial charge in [-0.05, 0) is 77.5 Å².